The lowest BCUT2D eigenvalue weighted by Gasteiger charge is -2.67. The average molecular weight is 1290 g/mol. The minimum Gasteiger partial charge on any atom is -0.394 e. The van der Waals surface area contributed by atoms with E-state index in [1.807, 2.05) is 13.8 Å². The van der Waals surface area contributed by atoms with Gasteiger partial charge in [-0.1, -0.05) is 60.1 Å². The molecule has 516 valence electrons. The number of aliphatic hydroxyl groups excluding tert-OH is 17. The maximum atomic E-state index is 12.8. The maximum absolute atomic E-state index is 12.8. The van der Waals surface area contributed by atoms with Crippen LogP contribution in [0.3, 0.4) is 0 Å². The summed E-state index contributed by atoms with van der Waals surface area (Å²) in [6, 6.07) is 0. The number of ether oxygens (including phenoxy) is 10. The van der Waals surface area contributed by atoms with Crippen molar-refractivity contribution < 1.29 is 139 Å². The molecule has 9 rings (SSSR count). The fourth-order valence-electron chi connectivity index (χ4n) is 17.2. The van der Waals surface area contributed by atoms with Gasteiger partial charge in [0.2, 0.25) is 0 Å². The molecule has 0 aromatic carbocycles. The Morgan fingerprint density at radius 2 is 1.01 bits per heavy atom. The predicted octanol–water partition coefficient (Wildman–Crippen LogP) is -4.13. The molecule has 3 saturated carbocycles. The van der Waals surface area contributed by atoms with Crippen LogP contribution in [-0.4, -0.2) is 296 Å². The molecular weight excluding hydrogens is 1180 g/mol. The molecule has 35 atom stereocenters. The molecule has 8 fully saturated rings. The minimum atomic E-state index is -1.93. The van der Waals surface area contributed by atoms with E-state index in [2.05, 4.69) is 33.8 Å². The predicted molar refractivity (Wildman–Crippen MR) is 303 cm³/mol. The molecule has 0 aromatic rings. The molecule has 28 nitrogen and oxygen atoms in total. The van der Waals surface area contributed by atoms with E-state index >= 15 is 0 Å². The zero-order valence-corrected chi connectivity index (χ0v) is 52.4. The lowest BCUT2D eigenvalue weighted by atomic mass is 9.38. The van der Waals surface area contributed by atoms with Gasteiger partial charge in [-0.2, -0.15) is 0 Å². The smallest absolute Gasteiger partial charge is 0.187 e. The van der Waals surface area contributed by atoms with E-state index in [9.17, 15) is 91.9 Å². The first-order valence-electron chi connectivity index (χ1n) is 31.9. The molecule has 0 bridgehead atoms. The highest BCUT2D eigenvalue weighted by Crippen LogP contribution is 2.75. The van der Waals surface area contributed by atoms with Crippen LogP contribution in [0.2, 0.25) is 0 Å². The Balaban J connectivity index is 0.883. The van der Waals surface area contributed by atoms with Crippen LogP contribution >= 0.6 is 0 Å². The van der Waals surface area contributed by atoms with Crippen LogP contribution in [0.5, 0.6) is 0 Å². The van der Waals surface area contributed by atoms with Crippen molar-refractivity contribution in [3.05, 3.63) is 11.6 Å². The molecule has 0 radical (unpaired) electrons. The van der Waals surface area contributed by atoms with Gasteiger partial charge in [0, 0.05) is 16.7 Å². The number of hydrogen-bond acceptors (Lipinski definition) is 28. The molecule has 0 aromatic heterocycles. The van der Waals surface area contributed by atoms with Crippen molar-refractivity contribution in [2.75, 3.05) is 33.0 Å². The van der Waals surface area contributed by atoms with Gasteiger partial charge in [-0.25, -0.2) is 0 Å². The van der Waals surface area contributed by atoms with E-state index in [1.54, 1.807) is 0 Å². The second-order valence-electron chi connectivity index (χ2n) is 29.1. The Bertz CT molecular complexity index is 2340. The Morgan fingerprint density at radius 1 is 0.539 bits per heavy atom. The molecule has 0 amide bonds. The Kier molecular flexibility index (Phi) is 22.3. The van der Waals surface area contributed by atoms with Crippen LogP contribution in [-0.2, 0) is 47.4 Å². The van der Waals surface area contributed by atoms with E-state index in [-0.39, 0.29) is 40.9 Å². The molecule has 5 aliphatic heterocycles. The van der Waals surface area contributed by atoms with Crippen molar-refractivity contribution >= 4 is 0 Å². The van der Waals surface area contributed by atoms with Gasteiger partial charge in [0.25, 0.3) is 0 Å². The van der Waals surface area contributed by atoms with Crippen molar-refractivity contribution in [3.63, 3.8) is 0 Å². The summed E-state index contributed by atoms with van der Waals surface area (Å²) < 4.78 is 59.8. The standard InChI is InChI=1S/C61H104O28/c1-24(10-14-37(58(5,6)79)88-56-51(89-55-50(78)45(73)41(69)31(21-64)84-55)47(75)43(71)33(86-56)23-80-52-39(67)25(2)38(66)29(19-62)82-52)26-16-17-59(7)34-13-11-27-28(61(34,9)35(65)18-60(26,59)8)12-15-36(57(27,3)4)87-54-49(77)46(74)42(70)32(85-54)22-81-53-48(76)44(72)40(68)30(20-63)83-53/h11,24-26,28-56,62-79H,10,12-23H2,1-9H3/t24-,25+,26?,28?,29-,30-,31+,32-,33-,34?,35-,36+,37-,38+,39-,40-,41+,42-,43-,44+,45-,46+,47+,48-,49-,50+,51-,52-,53-,54+,55-,56+,59+,60-,61+/m1/s1. The molecule has 4 aliphatic carbocycles. The normalized spacial score (nSPS) is 51.8. The van der Waals surface area contributed by atoms with Gasteiger partial charge in [0.1, 0.15) is 110 Å². The first-order valence-corrected chi connectivity index (χ1v) is 31.9. The molecule has 5 saturated heterocycles. The van der Waals surface area contributed by atoms with Crippen LogP contribution in [0.1, 0.15) is 114 Å². The third kappa shape index (κ3) is 13.1. The number of aliphatic hydroxyl groups is 18. The van der Waals surface area contributed by atoms with Gasteiger partial charge < -0.3 is 139 Å². The summed E-state index contributed by atoms with van der Waals surface area (Å²) in [5.41, 5.74) is -2.40. The molecule has 89 heavy (non-hydrogen) atoms. The van der Waals surface area contributed by atoms with Gasteiger partial charge in [0.05, 0.1) is 63.1 Å². The van der Waals surface area contributed by atoms with Crippen molar-refractivity contribution in [1.82, 2.24) is 0 Å². The number of allylic oxidation sites excluding steroid dienone is 1. The summed E-state index contributed by atoms with van der Waals surface area (Å²) >= 11 is 0. The average Bonchev–Trinajstić information content (AvgIpc) is 1.66. The van der Waals surface area contributed by atoms with Crippen LogP contribution < -0.4 is 0 Å². The number of hydrogen-bond donors (Lipinski definition) is 18. The topological polar surface area (TPSA) is 456 Å². The van der Waals surface area contributed by atoms with Gasteiger partial charge in [-0.15, -0.1) is 0 Å². The highest BCUT2D eigenvalue weighted by atomic mass is 16.8. The highest BCUT2D eigenvalue weighted by molar-refractivity contribution is 5.32. The maximum Gasteiger partial charge on any atom is 0.187 e. The van der Waals surface area contributed by atoms with E-state index in [4.69, 9.17) is 47.4 Å². The quantitative estimate of drug-likeness (QED) is 0.0515. The largest absolute Gasteiger partial charge is 0.394 e. The third-order valence-electron chi connectivity index (χ3n) is 23.3. The first-order chi connectivity index (χ1) is 41.6. The zero-order chi connectivity index (χ0) is 65.5. The Morgan fingerprint density at radius 3 is 1.56 bits per heavy atom. The van der Waals surface area contributed by atoms with Crippen molar-refractivity contribution in [2.45, 2.75) is 285 Å². The summed E-state index contributed by atoms with van der Waals surface area (Å²) in [5, 5.41) is 195. The van der Waals surface area contributed by atoms with Crippen LogP contribution in [0.4, 0.5) is 0 Å². The summed E-state index contributed by atoms with van der Waals surface area (Å²) in [7, 11) is 0. The van der Waals surface area contributed by atoms with E-state index in [0.29, 0.717) is 32.1 Å². The second-order valence-corrected chi connectivity index (χ2v) is 29.1. The molecule has 5 heterocycles. The van der Waals surface area contributed by atoms with Gasteiger partial charge in [-0.3, -0.25) is 0 Å². The van der Waals surface area contributed by atoms with Gasteiger partial charge in [0.15, 0.2) is 31.5 Å². The van der Waals surface area contributed by atoms with E-state index in [1.165, 1.54) is 20.8 Å². The summed E-state index contributed by atoms with van der Waals surface area (Å²) in [4.78, 5) is 0. The van der Waals surface area contributed by atoms with Gasteiger partial charge in [-0.05, 0) is 99.7 Å². The van der Waals surface area contributed by atoms with Crippen LogP contribution in [0.25, 0.3) is 0 Å². The summed E-state index contributed by atoms with van der Waals surface area (Å²) in [5.74, 6) is -0.760. The second kappa shape index (κ2) is 27.6. The third-order valence-corrected chi connectivity index (χ3v) is 23.3. The SMILES string of the molecule is C[C@@H]1[C@@H](O)[C@H](OC[C@H]2O[C@@H](O[C@H](CC[C@@H](C)C3CC[C@@]4(C)C5CC=C6C(CC[C@H](O[C@@H]7O[C@H](CO[C@@H]8O[C@H](CO)[C@@H](O)[C@H](O)[C@H]8O)[C@@H](O)[C@H](O)[C@H]7O)C6(C)C)[C@]5(C)[C@H](O)C[C@]34C)C(C)(C)O)[C@H](O[C@H]3O[C@@H](CO)[C@H](O)[C@@H](O)[C@@H]3O)[C@@H](O)[C@@H]2O)O[C@H](CO)[C@H]1O. The summed E-state index contributed by atoms with van der Waals surface area (Å²) in [6.45, 7) is 14.5. The fourth-order valence-corrected chi connectivity index (χ4v) is 17.2. The van der Waals surface area contributed by atoms with Gasteiger partial charge >= 0.3 is 0 Å². The Labute approximate surface area is 518 Å². The zero-order valence-electron chi connectivity index (χ0n) is 52.4. The number of fused-ring (bicyclic) bond motifs is 5. The fraction of sp³-hybridized carbons (Fsp3) is 0.967. The molecule has 28 heteroatoms. The highest BCUT2D eigenvalue weighted by Gasteiger charge is 2.70. The monoisotopic (exact) mass is 1280 g/mol. The molecule has 9 aliphatic rings. The molecular formula is C61H104O28. The lowest BCUT2D eigenvalue weighted by Crippen LogP contribution is -2.65. The Hall–Kier alpha value is -1.38. The summed E-state index contributed by atoms with van der Waals surface area (Å²) in [6.07, 6.45) is -33.6. The molecule has 18 N–H and O–H groups in total. The van der Waals surface area contributed by atoms with Crippen molar-refractivity contribution in [3.8, 4) is 0 Å². The van der Waals surface area contributed by atoms with E-state index in [0.717, 1.165) is 18.4 Å². The molecule has 0 spiro atoms. The van der Waals surface area contributed by atoms with Crippen molar-refractivity contribution in [2.24, 2.45) is 51.2 Å². The first kappa shape index (κ1) is 71.9. The van der Waals surface area contributed by atoms with Crippen LogP contribution in [0, 0.1) is 51.2 Å². The number of rotatable bonds is 20. The van der Waals surface area contributed by atoms with E-state index < -0.39 is 221 Å². The van der Waals surface area contributed by atoms with Crippen molar-refractivity contribution in [1.29, 1.82) is 0 Å². The minimum absolute atomic E-state index is 0.0171. The lowest BCUT2D eigenvalue weighted by molar-refractivity contribution is -0.380. The molecule has 3 unspecified atom stereocenters. The van der Waals surface area contributed by atoms with Crippen LogP contribution in [0.15, 0.2) is 11.6 Å².